The summed E-state index contributed by atoms with van der Waals surface area (Å²) in [5, 5.41) is 0. The first-order valence-corrected chi connectivity index (χ1v) is 6.97. The van der Waals surface area contributed by atoms with Crippen LogP contribution in [0.15, 0.2) is 0 Å². The van der Waals surface area contributed by atoms with Crippen molar-refractivity contribution in [3.8, 4) is 0 Å². The fraction of sp³-hybridized carbons (Fsp3) is 1.00. The third kappa shape index (κ3) is 5.04. The molecule has 3 atom stereocenters. The molecule has 1 aliphatic carbocycles. The molecule has 1 fully saturated rings. The van der Waals surface area contributed by atoms with E-state index < -0.39 is 8.03 Å². The lowest BCUT2D eigenvalue weighted by Gasteiger charge is -2.07. The predicted octanol–water partition coefficient (Wildman–Crippen LogP) is 2.41. The zero-order valence-corrected chi connectivity index (χ0v) is 9.59. The molecule has 82 valence electrons. The molecule has 1 rings (SSSR count). The maximum absolute atomic E-state index is 10.4. The zero-order chi connectivity index (χ0) is 10.4. The summed E-state index contributed by atoms with van der Waals surface area (Å²) in [7, 11) is -1.90. The van der Waals surface area contributed by atoms with Gasteiger partial charge in [-0.2, -0.15) is 4.89 Å². The third-order valence-corrected chi connectivity index (χ3v) is 3.74. The summed E-state index contributed by atoms with van der Waals surface area (Å²) in [5.74, 6) is 0.827. The highest BCUT2D eigenvalue weighted by molar-refractivity contribution is 7.37. The highest BCUT2D eigenvalue weighted by Crippen LogP contribution is 2.28. The van der Waals surface area contributed by atoms with Gasteiger partial charge in [0.1, 0.15) is 0 Å². The molecule has 1 aliphatic rings. The Hall–Kier alpha value is 0.0200. The largest absolute Gasteiger partial charge is 0.505 e. The van der Waals surface area contributed by atoms with Crippen LogP contribution in [0.4, 0.5) is 0 Å². The summed E-state index contributed by atoms with van der Waals surface area (Å²) in [5.41, 5.74) is 5.82. The van der Waals surface area contributed by atoms with E-state index in [9.17, 15) is 4.57 Å². The molecule has 0 radical (unpaired) electrons. The van der Waals surface area contributed by atoms with Crippen LogP contribution >= 0.6 is 8.03 Å². The second kappa shape index (κ2) is 6.49. The summed E-state index contributed by atoms with van der Waals surface area (Å²) in [6.07, 6.45) is 8.57. The van der Waals surface area contributed by atoms with Gasteiger partial charge >= 0.3 is 8.03 Å². The molecule has 0 saturated heterocycles. The molecule has 1 unspecified atom stereocenters. The van der Waals surface area contributed by atoms with Crippen LogP contribution in [0, 0.1) is 5.92 Å². The Balaban J connectivity index is 1.91. The second-order valence-electron chi connectivity index (χ2n) is 4.36. The van der Waals surface area contributed by atoms with Crippen molar-refractivity contribution in [2.24, 2.45) is 11.7 Å². The molecule has 0 aromatic rings. The van der Waals surface area contributed by atoms with E-state index in [-0.39, 0.29) is 0 Å². The van der Waals surface area contributed by atoms with E-state index in [1.54, 1.807) is 0 Å². The van der Waals surface area contributed by atoms with Crippen LogP contribution in [0.3, 0.4) is 0 Å². The normalized spacial score (nSPS) is 28.0. The van der Waals surface area contributed by atoms with Crippen LogP contribution in [0.25, 0.3) is 0 Å². The standard InChI is InChI=1S/C10H20NO2P/c11-10-6-5-9(8-10)4-2-1-3-7-14(12)13/h9-10H,1-8,11H2/p+1/t9-,10+/m0/s1. The lowest BCUT2D eigenvalue weighted by atomic mass is 10.00. The van der Waals surface area contributed by atoms with Gasteiger partial charge in [0, 0.05) is 6.04 Å². The van der Waals surface area contributed by atoms with Gasteiger partial charge in [-0.15, -0.1) is 0 Å². The maximum atomic E-state index is 10.4. The van der Waals surface area contributed by atoms with Crippen molar-refractivity contribution in [2.75, 3.05) is 6.16 Å². The molecule has 1 saturated carbocycles. The Morgan fingerprint density at radius 1 is 1.29 bits per heavy atom. The van der Waals surface area contributed by atoms with Crippen LogP contribution in [0.1, 0.15) is 44.9 Å². The maximum Gasteiger partial charge on any atom is 0.505 e. The SMILES string of the molecule is N[C@@H]1CC[C@H](CCCCC[P+](=O)O)C1. The van der Waals surface area contributed by atoms with Crippen LogP contribution in [0.2, 0.25) is 0 Å². The third-order valence-electron chi connectivity index (χ3n) is 3.04. The van der Waals surface area contributed by atoms with Crippen LogP contribution in [-0.2, 0) is 4.57 Å². The van der Waals surface area contributed by atoms with Crippen molar-refractivity contribution >= 4 is 8.03 Å². The zero-order valence-electron chi connectivity index (χ0n) is 8.69. The first kappa shape index (κ1) is 12.1. The van der Waals surface area contributed by atoms with Crippen LogP contribution < -0.4 is 5.73 Å². The monoisotopic (exact) mass is 218 g/mol. The first-order chi connectivity index (χ1) is 6.68. The molecule has 0 aromatic heterocycles. The van der Waals surface area contributed by atoms with Gasteiger partial charge < -0.3 is 5.73 Å². The average Bonchev–Trinajstić information content (AvgIpc) is 2.50. The molecule has 0 aliphatic heterocycles. The van der Waals surface area contributed by atoms with E-state index in [1.165, 1.54) is 32.1 Å². The topological polar surface area (TPSA) is 63.3 Å². The molecule has 0 heterocycles. The van der Waals surface area contributed by atoms with E-state index in [4.69, 9.17) is 10.6 Å². The lowest BCUT2D eigenvalue weighted by Crippen LogP contribution is -2.14. The number of unbranched alkanes of at least 4 members (excludes halogenated alkanes) is 2. The average molecular weight is 218 g/mol. The fourth-order valence-corrected chi connectivity index (χ4v) is 2.73. The molecule has 0 spiro atoms. The lowest BCUT2D eigenvalue weighted by molar-refractivity contribution is 0.462. The molecule has 3 N–H and O–H groups in total. The fourth-order valence-electron chi connectivity index (χ4n) is 2.23. The number of hydrogen-bond donors (Lipinski definition) is 2. The van der Waals surface area contributed by atoms with Crippen LogP contribution in [-0.4, -0.2) is 17.1 Å². The first-order valence-electron chi connectivity index (χ1n) is 5.57. The minimum atomic E-state index is -1.90. The van der Waals surface area contributed by atoms with E-state index in [1.807, 2.05) is 0 Å². The molecule has 14 heavy (non-hydrogen) atoms. The van der Waals surface area contributed by atoms with Crippen molar-refractivity contribution in [1.29, 1.82) is 0 Å². The molecular weight excluding hydrogens is 197 g/mol. The number of nitrogens with two attached hydrogens (primary N) is 1. The summed E-state index contributed by atoms with van der Waals surface area (Å²) in [6, 6.07) is 0.437. The summed E-state index contributed by atoms with van der Waals surface area (Å²) in [4.78, 5) is 8.59. The predicted molar refractivity (Wildman–Crippen MR) is 58.5 cm³/mol. The van der Waals surface area contributed by atoms with E-state index in [0.29, 0.717) is 12.2 Å². The molecule has 3 nitrogen and oxygen atoms in total. The second-order valence-corrected chi connectivity index (χ2v) is 5.52. The molecular formula is C10H21NO2P+. The van der Waals surface area contributed by atoms with Crippen molar-refractivity contribution in [2.45, 2.75) is 51.0 Å². The van der Waals surface area contributed by atoms with Crippen molar-refractivity contribution in [1.82, 2.24) is 0 Å². The van der Waals surface area contributed by atoms with E-state index >= 15 is 0 Å². The molecule has 0 aromatic carbocycles. The van der Waals surface area contributed by atoms with Gasteiger partial charge in [-0.3, -0.25) is 0 Å². The van der Waals surface area contributed by atoms with E-state index in [0.717, 1.165) is 18.8 Å². The Morgan fingerprint density at radius 2 is 2.07 bits per heavy atom. The quantitative estimate of drug-likeness (QED) is 0.531. The molecule has 4 heteroatoms. The van der Waals surface area contributed by atoms with Gasteiger partial charge in [-0.1, -0.05) is 12.8 Å². The van der Waals surface area contributed by atoms with Crippen molar-refractivity contribution < 1.29 is 9.46 Å². The van der Waals surface area contributed by atoms with Gasteiger partial charge in [0.05, 0.1) is 0 Å². The van der Waals surface area contributed by atoms with Gasteiger partial charge in [0.25, 0.3) is 0 Å². The summed E-state index contributed by atoms with van der Waals surface area (Å²) < 4.78 is 10.4. The summed E-state index contributed by atoms with van der Waals surface area (Å²) in [6.45, 7) is 0. The number of rotatable bonds is 6. The minimum Gasteiger partial charge on any atom is -0.328 e. The summed E-state index contributed by atoms with van der Waals surface area (Å²) >= 11 is 0. The van der Waals surface area contributed by atoms with Gasteiger partial charge in [0.2, 0.25) is 0 Å². The highest BCUT2D eigenvalue weighted by atomic mass is 31.1. The minimum absolute atomic E-state index is 0.437. The highest BCUT2D eigenvalue weighted by Gasteiger charge is 2.20. The van der Waals surface area contributed by atoms with Crippen LogP contribution in [0.5, 0.6) is 0 Å². The Bertz CT molecular complexity index is 187. The van der Waals surface area contributed by atoms with Gasteiger partial charge in [-0.25, -0.2) is 0 Å². The smallest absolute Gasteiger partial charge is 0.328 e. The number of hydrogen-bond acceptors (Lipinski definition) is 2. The van der Waals surface area contributed by atoms with E-state index in [2.05, 4.69) is 0 Å². The Morgan fingerprint density at radius 3 is 2.64 bits per heavy atom. The van der Waals surface area contributed by atoms with Crippen molar-refractivity contribution in [3.63, 3.8) is 0 Å². The van der Waals surface area contributed by atoms with Gasteiger partial charge in [-0.05, 0) is 42.6 Å². The van der Waals surface area contributed by atoms with Gasteiger partial charge in [0.15, 0.2) is 6.16 Å². The Kier molecular flexibility index (Phi) is 5.61. The Labute approximate surface area is 86.9 Å². The van der Waals surface area contributed by atoms with Crippen molar-refractivity contribution in [3.05, 3.63) is 0 Å². The molecule has 0 amide bonds. The molecule has 0 bridgehead atoms.